The second-order valence-electron chi connectivity index (χ2n) is 5.28. The van der Waals surface area contributed by atoms with Crippen LogP contribution in [0.2, 0.25) is 0 Å². The second kappa shape index (κ2) is 6.44. The fourth-order valence-electron chi connectivity index (χ4n) is 2.50. The van der Waals surface area contributed by atoms with Crippen LogP contribution in [0.5, 0.6) is 5.75 Å². The highest BCUT2D eigenvalue weighted by Gasteiger charge is 2.09. The molecule has 0 spiro atoms. The van der Waals surface area contributed by atoms with Crippen LogP contribution in [-0.4, -0.2) is 17.9 Å². The Bertz CT molecular complexity index is 880. The molecule has 2 aromatic carbocycles. The molecule has 23 heavy (non-hydrogen) atoms. The number of aromatic nitrogens is 1. The lowest BCUT2D eigenvalue weighted by molar-refractivity contribution is 0.104. The van der Waals surface area contributed by atoms with Gasteiger partial charge in [0.2, 0.25) is 0 Å². The maximum absolute atomic E-state index is 12.5. The number of hydrogen-bond donors (Lipinski definition) is 0. The van der Waals surface area contributed by atoms with Gasteiger partial charge in [-0.3, -0.25) is 9.78 Å². The van der Waals surface area contributed by atoms with Crippen LogP contribution in [0.4, 0.5) is 0 Å². The summed E-state index contributed by atoms with van der Waals surface area (Å²) in [5.74, 6) is 0.750. The summed E-state index contributed by atoms with van der Waals surface area (Å²) in [6, 6.07) is 15.4. The number of carbonyl (C=O) groups is 1. The van der Waals surface area contributed by atoms with Crippen molar-refractivity contribution in [3.05, 3.63) is 77.5 Å². The molecular weight excluding hydrogens is 286 g/mol. The lowest BCUT2D eigenvalue weighted by atomic mass is 10.0. The quantitative estimate of drug-likeness (QED) is 0.528. The zero-order valence-electron chi connectivity index (χ0n) is 13.1. The van der Waals surface area contributed by atoms with Gasteiger partial charge in [0.05, 0.1) is 12.6 Å². The number of ketones is 1. The van der Waals surface area contributed by atoms with Gasteiger partial charge in [0.1, 0.15) is 5.75 Å². The molecule has 0 N–H and O–H groups in total. The van der Waals surface area contributed by atoms with Crippen LogP contribution in [0.25, 0.3) is 17.0 Å². The third kappa shape index (κ3) is 3.14. The van der Waals surface area contributed by atoms with Crippen molar-refractivity contribution in [1.29, 1.82) is 0 Å². The molecule has 3 heteroatoms. The maximum atomic E-state index is 12.5. The number of nitrogens with zero attached hydrogens (tertiary/aromatic N) is 1. The van der Waals surface area contributed by atoms with Gasteiger partial charge in [-0.1, -0.05) is 36.4 Å². The number of aryl methyl sites for hydroxylation is 1. The Labute approximate surface area is 135 Å². The van der Waals surface area contributed by atoms with E-state index in [4.69, 9.17) is 4.74 Å². The Morgan fingerprint density at radius 2 is 1.83 bits per heavy atom. The van der Waals surface area contributed by atoms with Gasteiger partial charge in [-0.2, -0.15) is 0 Å². The summed E-state index contributed by atoms with van der Waals surface area (Å²) in [5, 5.41) is 1.01. The summed E-state index contributed by atoms with van der Waals surface area (Å²) in [7, 11) is 1.63. The highest BCUT2D eigenvalue weighted by atomic mass is 16.5. The molecule has 0 amide bonds. The molecule has 0 aliphatic rings. The number of carbonyl (C=O) groups excluding carboxylic acids is 1. The smallest absolute Gasteiger partial charge is 0.187 e. The van der Waals surface area contributed by atoms with Crippen LogP contribution in [0.1, 0.15) is 21.5 Å². The van der Waals surface area contributed by atoms with Crippen molar-refractivity contribution in [3.8, 4) is 5.75 Å². The molecule has 3 rings (SSSR count). The van der Waals surface area contributed by atoms with Gasteiger partial charge in [-0.15, -0.1) is 0 Å². The third-order valence-corrected chi connectivity index (χ3v) is 3.85. The molecule has 0 fully saturated rings. The van der Waals surface area contributed by atoms with Crippen molar-refractivity contribution in [1.82, 2.24) is 4.98 Å². The molecule has 3 nitrogen and oxygen atoms in total. The number of allylic oxidation sites excluding steroid dienone is 1. The van der Waals surface area contributed by atoms with Crippen LogP contribution in [0.3, 0.4) is 0 Å². The Balaban J connectivity index is 1.88. The Morgan fingerprint density at radius 1 is 1.09 bits per heavy atom. The normalized spacial score (nSPS) is 11.0. The van der Waals surface area contributed by atoms with Crippen molar-refractivity contribution in [3.63, 3.8) is 0 Å². The monoisotopic (exact) mass is 303 g/mol. The minimum absolute atomic E-state index is 0.0448. The third-order valence-electron chi connectivity index (χ3n) is 3.85. The van der Waals surface area contributed by atoms with E-state index >= 15 is 0 Å². The molecule has 0 radical (unpaired) electrons. The molecule has 1 heterocycles. The number of benzene rings is 2. The van der Waals surface area contributed by atoms with Gasteiger partial charge >= 0.3 is 0 Å². The van der Waals surface area contributed by atoms with E-state index in [0.717, 1.165) is 27.8 Å². The lowest BCUT2D eigenvalue weighted by Crippen LogP contribution is -2.00. The van der Waals surface area contributed by atoms with Crippen LogP contribution in [0, 0.1) is 6.92 Å². The number of hydrogen-bond acceptors (Lipinski definition) is 3. The van der Waals surface area contributed by atoms with Crippen LogP contribution >= 0.6 is 0 Å². The minimum Gasteiger partial charge on any atom is -0.497 e. The summed E-state index contributed by atoms with van der Waals surface area (Å²) in [4.78, 5) is 16.8. The summed E-state index contributed by atoms with van der Waals surface area (Å²) >= 11 is 0. The standard InChI is InChI=1S/C20H17NO2/c1-14-17-5-3-4-6-19(17)21-13-18(14)20(22)12-9-15-7-10-16(23-2)11-8-15/h3-13H,1-2H3/b12-9+. The first kappa shape index (κ1) is 15.0. The zero-order chi connectivity index (χ0) is 16.2. The molecule has 0 unspecified atom stereocenters. The highest BCUT2D eigenvalue weighted by Crippen LogP contribution is 2.20. The van der Waals surface area contributed by atoms with E-state index in [0.29, 0.717) is 5.56 Å². The molecule has 1 aromatic heterocycles. The van der Waals surface area contributed by atoms with Gasteiger partial charge in [-0.25, -0.2) is 0 Å². The largest absolute Gasteiger partial charge is 0.497 e. The summed E-state index contributed by atoms with van der Waals surface area (Å²) in [5.41, 5.74) is 3.44. The minimum atomic E-state index is -0.0448. The van der Waals surface area contributed by atoms with E-state index in [-0.39, 0.29) is 5.78 Å². The fraction of sp³-hybridized carbons (Fsp3) is 0.100. The molecule has 114 valence electrons. The van der Waals surface area contributed by atoms with Crippen LogP contribution < -0.4 is 4.74 Å². The molecule has 0 saturated carbocycles. The first-order valence-electron chi connectivity index (χ1n) is 7.40. The van der Waals surface area contributed by atoms with Crippen LogP contribution in [-0.2, 0) is 0 Å². The zero-order valence-corrected chi connectivity index (χ0v) is 13.1. The molecule has 0 saturated heterocycles. The Hall–Kier alpha value is -2.94. The van der Waals surface area contributed by atoms with Crippen molar-refractivity contribution in [2.24, 2.45) is 0 Å². The van der Waals surface area contributed by atoms with Gasteiger partial charge in [-0.05, 0) is 42.3 Å². The molecule has 0 aliphatic heterocycles. The average Bonchev–Trinajstić information content (AvgIpc) is 2.60. The first-order valence-corrected chi connectivity index (χ1v) is 7.40. The second-order valence-corrected chi connectivity index (χ2v) is 5.28. The van der Waals surface area contributed by atoms with Crippen molar-refractivity contribution < 1.29 is 9.53 Å². The van der Waals surface area contributed by atoms with Gasteiger partial charge in [0.15, 0.2) is 5.78 Å². The van der Waals surface area contributed by atoms with E-state index in [9.17, 15) is 4.79 Å². The predicted molar refractivity (Wildman–Crippen MR) is 92.8 cm³/mol. The molecule has 0 bridgehead atoms. The highest BCUT2D eigenvalue weighted by molar-refractivity contribution is 6.09. The molecule has 0 atom stereocenters. The van der Waals surface area contributed by atoms with Crippen LogP contribution in [0.15, 0.2) is 60.8 Å². The molecule has 0 aliphatic carbocycles. The summed E-state index contributed by atoms with van der Waals surface area (Å²) in [6.07, 6.45) is 5.04. The van der Waals surface area contributed by atoms with Gasteiger partial charge in [0, 0.05) is 17.1 Å². The molecular formula is C20H17NO2. The number of para-hydroxylation sites is 1. The number of ether oxygens (including phenoxy) is 1. The van der Waals surface area contributed by atoms with E-state index in [1.165, 1.54) is 0 Å². The summed E-state index contributed by atoms with van der Waals surface area (Å²) in [6.45, 7) is 1.96. The first-order chi connectivity index (χ1) is 11.2. The average molecular weight is 303 g/mol. The van der Waals surface area contributed by atoms with E-state index in [2.05, 4.69) is 4.98 Å². The molecule has 3 aromatic rings. The van der Waals surface area contributed by atoms with E-state index in [1.807, 2.05) is 55.5 Å². The van der Waals surface area contributed by atoms with Crippen molar-refractivity contribution in [2.45, 2.75) is 6.92 Å². The predicted octanol–water partition coefficient (Wildman–Crippen LogP) is 4.45. The van der Waals surface area contributed by atoms with E-state index < -0.39 is 0 Å². The Kier molecular flexibility index (Phi) is 4.20. The van der Waals surface area contributed by atoms with Gasteiger partial charge in [0.25, 0.3) is 0 Å². The topological polar surface area (TPSA) is 39.2 Å². The number of fused-ring (bicyclic) bond motifs is 1. The summed E-state index contributed by atoms with van der Waals surface area (Å²) < 4.78 is 5.12. The van der Waals surface area contributed by atoms with Gasteiger partial charge < -0.3 is 4.74 Å². The van der Waals surface area contributed by atoms with Crippen molar-refractivity contribution >= 4 is 22.8 Å². The number of pyridine rings is 1. The van der Waals surface area contributed by atoms with Crippen molar-refractivity contribution in [2.75, 3.05) is 7.11 Å². The lowest BCUT2D eigenvalue weighted by Gasteiger charge is -2.06. The fourth-order valence-corrected chi connectivity index (χ4v) is 2.50. The van der Waals surface area contributed by atoms with E-state index in [1.54, 1.807) is 25.5 Å². The Morgan fingerprint density at radius 3 is 2.57 bits per heavy atom. The number of rotatable bonds is 4. The number of methoxy groups -OCH3 is 1. The SMILES string of the molecule is COc1ccc(/C=C/C(=O)c2cnc3ccccc3c2C)cc1. The maximum Gasteiger partial charge on any atom is 0.187 e.